The summed E-state index contributed by atoms with van der Waals surface area (Å²) in [4.78, 5) is 11.4. The van der Waals surface area contributed by atoms with Crippen LogP contribution >= 0.6 is 0 Å². The van der Waals surface area contributed by atoms with Crippen molar-refractivity contribution in [2.75, 3.05) is 7.11 Å². The number of hydrogen-bond acceptors (Lipinski definition) is 5. The van der Waals surface area contributed by atoms with Crippen molar-refractivity contribution in [2.24, 2.45) is 11.3 Å². The smallest absolute Gasteiger partial charge is 0.303 e. The van der Waals surface area contributed by atoms with Crippen LogP contribution in [0.25, 0.3) is 16.8 Å². The predicted octanol–water partition coefficient (Wildman–Crippen LogP) is 7.24. The number of aromatic nitrogens is 1. The molecule has 1 unspecified atom stereocenters. The van der Waals surface area contributed by atoms with Gasteiger partial charge in [0.25, 0.3) is 0 Å². The Morgan fingerprint density at radius 3 is 2.70 bits per heavy atom. The minimum absolute atomic E-state index is 0.0195. The molecular formula is C30H32FNO5. The van der Waals surface area contributed by atoms with Gasteiger partial charge in [-0.05, 0) is 84.4 Å². The largest absolute Gasteiger partial charge is 0.497 e. The summed E-state index contributed by atoms with van der Waals surface area (Å²) in [7, 11) is 1.54. The summed E-state index contributed by atoms with van der Waals surface area (Å²) >= 11 is 0. The maximum absolute atomic E-state index is 15.0. The molecule has 0 spiro atoms. The number of aliphatic carboxylic acids is 1. The van der Waals surface area contributed by atoms with Crippen LogP contribution in [0.1, 0.15) is 68.8 Å². The van der Waals surface area contributed by atoms with Gasteiger partial charge >= 0.3 is 5.97 Å². The summed E-state index contributed by atoms with van der Waals surface area (Å²) in [6, 6.07) is 12.2. The van der Waals surface area contributed by atoms with E-state index in [1.807, 2.05) is 24.3 Å². The summed E-state index contributed by atoms with van der Waals surface area (Å²) in [5.74, 6) is 0.873. The van der Waals surface area contributed by atoms with Crippen LogP contribution in [0.5, 0.6) is 11.5 Å². The van der Waals surface area contributed by atoms with Gasteiger partial charge in [0.2, 0.25) is 0 Å². The highest BCUT2D eigenvalue weighted by molar-refractivity contribution is 5.83. The van der Waals surface area contributed by atoms with Gasteiger partial charge in [0, 0.05) is 5.56 Å². The first-order valence-corrected chi connectivity index (χ1v) is 12.7. The lowest BCUT2D eigenvalue weighted by Gasteiger charge is -2.23. The van der Waals surface area contributed by atoms with E-state index in [4.69, 9.17) is 14.0 Å². The normalized spacial score (nSPS) is 17.4. The fourth-order valence-corrected chi connectivity index (χ4v) is 5.35. The summed E-state index contributed by atoms with van der Waals surface area (Å²) in [6.45, 7) is 4.44. The van der Waals surface area contributed by atoms with Crippen LogP contribution in [0.3, 0.4) is 0 Å². The van der Waals surface area contributed by atoms with Gasteiger partial charge in [-0.3, -0.25) is 4.79 Å². The van der Waals surface area contributed by atoms with Crippen molar-refractivity contribution in [3.05, 3.63) is 71.2 Å². The predicted molar refractivity (Wildman–Crippen MR) is 138 cm³/mol. The lowest BCUT2D eigenvalue weighted by molar-refractivity contribution is -0.137. The Balaban J connectivity index is 1.47. The molecule has 0 aliphatic heterocycles. The molecule has 37 heavy (non-hydrogen) atoms. The number of carboxylic acid groups (broad SMARTS) is 1. The zero-order valence-electron chi connectivity index (χ0n) is 21.4. The van der Waals surface area contributed by atoms with Gasteiger partial charge in [-0.2, -0.15) is 0 Å². The van der Waals surface area contributed by atoms with E-state index in [1.54, 1.807) is 19.2 Å². The highest BCUT2D eigenvalue weighted by Crippen LogP contribution is 2.49. The van der Waals surface area contributed by atoms with E-state index in [0.717, 1.165) is 42.4 Å². The molecule has 3 aromatic rings. The monoisotopic (exact) mass is 505 g/mol. The van der Waals surface area contributed by atoms with Gasteiger partial charge in [-0.15, -0.1) is 0 Å². The Hall–Kier alpha value is -3.61. The molecule has 1 saturated carbocycles. The van der Waals surface area contributed by atoms with Gasteiger partial charge in [-0.25, -0.2) is 4.39 Å². The second-order valence-corrected chi connectivity index (χ2v) is 10.6. The molecule has 2 aromatic carbocycles. The van der Waals surface area contributed by atoms with E-state index < -0.39 is 11.8 Å². The number of benzene rings is 2. The standard InChI is InChI=1S/C30H32FNO5/c1-30(2)13-5-8-24(30)28-26(37-32-29(28)23-15-20(35-3)11-12-25(23)31)17-36-21-7-4-6-19(14-21)22(16-27(33)34)18-9-10-18/h4,6-8,11-12,14-15,18,22H,5,9-10,13,16-17H2,1-3H3,(H,33,34). The first-order valence-electron chi connectivity index (χ1n) is 12.7. The van der Waals surface area contributed by atoms with Gasteiger partial charge in [0.05, 0.1) is 19.1 Å². The second-order valence-electron chi connectivity index (χ2n) is 10.6. The molecule has 0 radical (unpaired) electrons. The maximum atomic E-state index is 15.0. The number of allylic oxidation sites excluding steroid dienone is 2. The van der Waals surface area contributed by atoms with Crippen LogP contribution in [0.4, 0.5) is 4.39 Å². The summed E-state index contributed by atoms with van der Waals surface area (Å²) in [5.41, 5.74) is 3.41. The Morgan fingerprint density at radius 2 is 2.03 bits per heavy atom. The summed E-state index contributed by atoms with van der Waals surface area (Å²) in [5, 5.41) is 13.7. The Morgan fingerprint density at radius 1 is 1.22 bits per heavy atom. The Kier molecular flexibility index (Phi) is 6.80. The third-order valence-electron chi connectivity index (χ3n) is 7.55. The number of rotatable bonds is 10. The number of carbonyl (C=O) groups is 1. The average molecular weight is 506 g/mol. The Labute approximate surface area is 216 Å². The van der Waals surface area contributed by atoms with Crippen LogP contribution in [0.2, 0.25) is 0 Å². The molecule has 1 fully saturated rings. The third kappa shape index (κ3) is 5.26. The van der Waals surface area contributed by atoms with Crippen LogP contribution in [0, 0.1) is 17.2 Å². The van der Waals surface area contributed by atoms with E-state index in [-0.39, 0.29) is 24.4 Å². The highest BCUT2D eigenvalue weighted by Gasteiger charge is 2.35. The lowest BCUT2D eigenvalue weighted by Crippen LogP contribution is -2.11. The third-order valence-corrected chi connectivity index (χ3v) is 7.55. The molecule has 1 heterocycles. The van der Waals surface area contributed by atoms with Gasteiger partial charge in [-0.1, -0.05) is 37.2 Å². The highest BCUT2D eigenvalue weighted by atomic mass is 19.1. The molecule has 0 bridgehead atoms. The van der Waals surface area contributed by atoms with Crippen molar-refractivity contribution < 1.29 is 28.3 Å². The molecule has 2 aliphatic rings. The number of nitrogens with zero attached hydrogens (tertiary/aromatic N) is 1. The topological polar surface area (TPSA) is 81.8 Å². The van der Waals surface area contributed by atoms with Crippen LogP contribution in [-0.4, -0.2) is 23.3 Å². The second kappa shape index (κ2) is 10.0. The van der Waals surface area contributed by atoms with E-state index in [1.165, 1.54) is 6.07 Å². The van der Waals surface area contributed by atoms with Crippen molar-refractivity contribution >= 4 is 11.5 Å². The first kappa shape index (κ1) is 25.1. The summed E-state index contributed by atoms with van der Waals surface area (Å²) < 4.78 is 32.2. The van der Waals surface area contributed by atoms with Gasteiger partial charge < -0.3 is 19.1 Å². The zero-order valence-corrected chi connectivity index (χ0v) is 21.4. The number of hydrogen-bond donors (Lipinski definition) is 1. The van der Waals surface area contributed by atoms with Crippen LogP contribution < -0.4 is 9.47 Å². The molecule has 1 atom stereocenters. The molecule has 7 heteroatoms. The zero-order chi connectivity index (χ0) is 26.2. The Bertz CT molecular complexity index is 1340. The number of ether oxygens (including phenoxy) is 2. The van der Waals surface area contributed by atoms with Crippen molar-refractivity contribution in [3.63, 3.8) is 0 Å². The van der Waals surface area contributed by atoms with Crippen LogP contribution in [-0.2, 0) is 11.4 Å². The minimum Gasteiger partial charge on any atom is -0.497 e. The SMILES string of the molecule is COc1ccc(F)c(-c2noc(COc3cccc(C(CC(=O)O)C4CC4)c3)c2C2=CCCC2(C)C)c1. The molecule has 194 valence electrons. The first-order chi connectivity index (χ1) is 17.8. The van der Waals surface area contributed by atoms with Crippen molar-refractivity contribution in [3.8, 4) is 22.8 Å². The molecule has 1 N–H and O–H groups in total. The molecule has 1 aromatic heterocycles. The van der Waals surface area contributed by atoms with Crippen molar-refractivity contribution in [1.29, 1.82) is 0 Å². The maximum Gasteiger partial charge on any atom is 0.303 e. The van der Waals surface area contributed by atoms with E-state index in [2.05, 4.69) is 25.1 Å². The fraction of sp³-hybridized carbons (Fsp3) is 0.400. The van der Waals surface area contributed by atoms with Gasteiger partial charge in [0.1, 0.15) is 29.6 Å². The lowest BCUT2D eigenvalue weighted by atomic mass is 9.80. The van der Waals surface area contributed by atoms with Crippen molar-refractivity contribution in [2.45, 2.75) is 58.5 Å². The average Bonchev–Trinajstić information content (AvgIpc) is 3.54. The van der Waals surface area contributed by atoms with Crippen LogP contribution in [0.15, 0.2) is 53.1 Å². The van der Waals surface area contributed by atoms with E-state index in [0.29, 0.717) is 34.4 Å². The number of carboxylic acids is 1. The molecule has 6 nitrogen and oxygen atoms in total. The van der Waals surface area contributed by atoms with Crippen molar-refractivity contribution in [1.82, 2.24) is 5.16 Å². The minimum atomic E-state index is -0.792. The number of methoxy groups -OCH3 is 1. The summed E-state index contributed by atoms with van der Waals surface area (Å²) in [6.07, 6.45) is 6.28. The van der Waals surface area contributed by atoms with Gasteiger partial charge in [0.15, 0.2) is 5.76 Å². The quantitative estimate of drug-likeness (QED) is 0.313. The van der Waals surface area contributed by atoms with E-state index >= 15 is 0 Å². The number of halogens is 1. The molecule has 5 rings (SSSR count). The molecule has 2 aliphatic carbocycles. The molecule has 0 amide bonds. The molecular weight excluding hydrogens is 473 g/mol. The van der Waals surface area contributed by atoms with E-state index in [9.17, 15) is 14.3 Å². The molecule has 0 saturated heterocycles. The fourth-order valence-electron chi connectivity index (χ4n) is 5.35.